The van der Waals surface area contributed by atoms with Crippen LogP contribution in [0.2, 0.25) is 0 Å². The first kappa shape index (κ1) is 11.9. The number of thioether (sulfide) groups is 1. The highest BCUT2D eigenvalue weighted by Crippen LogP contribution is 2.37. The molecule has 1 aliphatic rings. The molecule has 0 atom stereocenters. The molecule has 2 aromatic rings. The summed E-state index contributed by atoms with van der Waals surface area (Å²) in [4.78, 5) is 14.9. The molecule has 0 fully saturated rings. The van der Waals surface area contributed by atoms with E-state index in [2.05, 4.69) is 15.9 Å². The molecule has 0 bridgehead atoms. The average Bonchev–Trinajstić information content (AvgIpc) is 2.86. The minimum Gasteiger partial charge on any atom is -0.467 e. The van der Waals surface area contributed by atoms with Crippen molar-refractivity contribution in [2.75, 3.05) is 10.7 Å². The predicted octanol–water partition coefficient (Wildman–Crippen LogP) is 3.68. The number of furan rings is 1. The Morgan fingerprint density at radius 3 is 3.06 bits per heavy atom. The SMILES string of the molecule is O=C1CSc2ccc(Br)cc2N1Cc1ccco1. The van der Waals surface area contributed by atoms with E-state index in [4.69, 9.17) is 4.42 Å². The van der Waals surface area contributed by atoms with E-state index in [1.54, 1.807) is 22.9 Å². The molecule has 1 aliphatic heterocycles. The molecule has 5 heteroatoms. The molecule has 0 aliphatic carbocycles. The van der Waals surface area contributed by atoms with Gasteiger partial charge in [-0.15, -0.1) is 11.8 Å². The van der Waals surface area contributed by atoms with E-state index >= 15 is 0 Å². The molecule has 0 N–H and O–H groups in total. The zero-order valence-corrected chi connectivity index (χ0v) is 11.8. The van der Waals surface area contributed by atoms with Gasteiger partial charge in [-0.2, -0.15) is 0 Å². The standard InChI is InChI=1S/C13H10BrNO2S/c14-9-3-4-12-11(6-9)15(13(16)8-18-12)7-10-2-1-5-17-10/h1-6H,7-8H2. The van der Waals surface area contributed by atoms with Crippen LogP contribution >= 0.6 is 27.7 Å². The van der Waals surface area contributed by atoms with Crippen molar-refractivity contribution in [2.45, 2.75) is 11.4 Å². The fourth-order valence-corrected chi connectivity index (χ4v) is 3.17. The van der Waals surface area contributed by atoms with Crippen LogP contribution in [0.4, 0.5) is 5.69 Å². The lowest BCUT2D eigenvalue weighted by Gasteiger charge is -2.28. The van der Waals surface area contributed by atoms with Gasteiger partial charge in [0.15, 0.2) is 0 Å². The van der Waals surface area contributed by atoms with E-state index < -0.39 is 0 Å². The van der Waals surface area contributed by atoms with Crippen LogP contribution in [0.3, 0.4) is 0 Å². The van der Waals surface area contributed by atoms with Gasteiger partial charge >= 0.3 is 0 Å². The zero-order valence-electron chi connectivity index (χ0n) is 9.43. The van der Waals surface area contributed by atoms with E-state index in [0.717, 1.165) is 20.8 Å². The number of halogens is 1. The number of hydrogen-bond acceptors (Lipinski definition) is 3. The average molecular weight is 324 g/mol. The van der Waals surface area contributed by atoms with Crippen LogP contribution in [0.1, 0.15) is 5.76 Å². The Morgan fingerprint density at radius 1 is 1.39 bits per heavy atom. The van der Waals surface area contributed by atoms with Crippen LogP contribution in [0, 0.1) is 0 Å². The van der Waals surface area contributed by atoms with E-state index in [0.29, 0.717) is 12.3 Å². The second-order valence-corrected chi connectivity index (χ2v) is 5.89. The van der Waals surface area contributed by atoms with Crippen molar-refractivity contribution in [1.82, 2.24) is 0 Å². The maximum Gasteiger partial charge on any atom is 0.237 e. The summed E-state index contributed by atoms with van der Waals surface area (Å²) in [6.45, 7) is 0.482. The van der Waals surface area contributed by atoms with Crippen molar-refractivity contribution in [3.8, 4) is 0 Å². The third-order valence-corrected chi connectivity index (χ3v) is 4.30. The van der Waals surface area contributed by atoms with Gasteiger partial charge in [0, 0.05) is 9.37 Å². The number of carbonyl (C=O) groups excluding carboxylic acids is 1. The van der Waals surface area contributed by atoms with Crippen molar-refractivity contribution in [3.63, 3.8) is 0 Å². The molecule has 2 heterocycles. The molecule has 0 unspecified atom stereocenters. The number of benzene rings is 1. The van der Waals surface area contributed by atoms with E-state index in [1.165, 1.54) is 0 Å². The normalized spacial score (nSPS) is 14.7. The van der Waals surface area contributed by atoms with Gasteiger partial charge in [-0.05, 0) is 30.3 Å². The van der Waals surface area contributed by atoms with Gasteiger partial charge < -0.3 is 9.32 Å². The first-order chi connectivity index (χ1) is 8.74. The number of rotatable bonds is 2. The number of hydrogen-bond donors (Lipinski definition) is 0. The first-order valence-electron chi connectivity index (χ1n) is 5.49. The molecule has 3 rings (SSSR count). The van der Waals surface area contributed by atoms with Gasteiger partial charge in [-0.1, -0.05) is 15.9 Å². The molecule has 18 heavy (non-hydrogen) atoms. The molecule has 0 saturated heterocycles. The second-order valence-electron chi connectivity index (χ2n) is 3.96. The first-order valence-corrected chi connectivity index (χ1v) is 7.27. The Bertz CT molecular complexity index is 583. The smallest absolute Gasteiger partial charge is 0.237 e. The van der Waals surface area contributed by atoms with Crippen LogP contribution in [0.5, 0.6) is 0 Å². The number of anilines is 1. The Balaban J connectivity index is 1.98. The molecular weight excluding hydrogens is 314 g/mol. The highest BCUT2D eigenvalue weighted by molar-refractivity contribution is 9.10. The maximum absolute atomic E-state index is 12.0. The summed E-state index contributed by atoms with van der Waals surface area (Å²) in [5, 5.41) is 0. The van der Waals surface area contributed by atoms with Crippen LogP contribution < -0.4 is 4.90 Å². The lowest BCUT2D eigenvalue weighted by atomic mass is 10.2. The van der Waals surface area contributed by atoms with Crippen molar-refractivity contribution >= 4 is 39.3 Å². The molecule has 1 aromatic heterocycles. The number of carbonyl (C=O) groups is 1. The summed E-state index contributed by atoms with van der Waals surface area (Å²) in [6, 6.07) is 9.72. The van der Waals surface area contributed by atoms with Crippen molar-refractivity contribution in [2.24, 2.45) is 0 Å². The number of fused-ring (bicyclic) bond motifs is 1. The summed E-state index contributed by atoms with van der Waals surface area (Å²) in [6.07, 6.45) is 1.63. The fourth-order valence-electron chi connectivity index (χ4n) is 1.91. The van der Waals surface area contributed by atoms with E-state index in [9.17, 15) is 4.79 Å². The van der Waals surface area contributed by atoms with Gasteiger partial charge in [-0.25, -0.2) is 0 Å². The minimum absolute atomic E-state index is 0.113. The summed E-state index contributed by atoms with van der Waals surface area (Å²) in [7, 11) is 0. The van der Waals surface area contributed by atoms with Crippen molar-refractivity contribution in [3.05, 3.63) is 46.8 Å². The van der Waals surface area contributed by atoms with Crippen molar-refractivity contribution in [1.29, 1.82) is 0 Å². The third-order valence-electron chi connectivity index (χ3n) is 2.76. The van der Waals surface area contributed by atoms with Gasteiger partial charge in [0.05, 0.1) is 24.2 Å². The molecule has 1 amide bonds. The Morgan fingerprint density at radius 2 is 2.28 bits per heavy atom. The minimum atomic E-state index is 0.113. The maximum atomic E-state index is 12.0. The Labute approximate surface area is 117 Å². The molecule has 0 spiro atoms. The Hall–Kier alpha value is -1.20. The monoisotopic (exact) mass is 323 g/mol. The predicted molar refractivity (Wildman–Crippen MR) is 74.8 cm³/mol. The molecule has 1 aromatic carbocycles. The summed E-state index contributed by atoms with van der Waals surface area (Å²) < 4.78 is 6.29. The summed E-state index contributed by atoms with van der Waals surface area (Å²) in [5.41, 5.74) is 0.946. The highest BCUT2D eigenvalue weighted by Gasteiger charge is 2.25. The number of nitrogens with zero attached hydrogens (tertiary/aromatic N) is 1. The second kappa shape index (κ2) is 4.82. The number of amides is 1. The lowest BCUT2D eigenvalue weighted by molar-refractivity contribution is -0.116. The fraction of sp³-hybridized carbons (Fsp3) is 0.154. The summed E-state index contributed by atoms with van der Waals surface area (Å²) in [5.74, 6) is 1.39. The molecular formula is C13H10BrNO2S. The van der Waals surface area contributed by atoms with Crippen LogP contribution in [0.25, 0.3) is 0 Å². The Kier molecular flexibility index (Phi) is 3.18. The van der Waals surface area contributed by atoms with Crippen molar-refractivity contribution < 1.29 is 9.21 Å². The molecule has 3 nitrogen and oxygen atoms in total. The molecule has 0 radical (unpaired) electrons. The van der Waals surface area contributed by atoms with E-state index in [1.807, 2.05) is 30.3 Å². The highest BCUT2D eigenvalue weighted by atomic mass is 79.9. The van der Waals surface area contributed by atoms with E-state index in [-0.39, 0.29) is 5.91 Å². The topological polar surface area (TPSA) is 33.5 Å². The molecule has 92 valence electrons. The quantitative estimate of drug-likeness (QED) is 0.845. The zero-order chi connectivity index (χ0) is 12.5. The third kappa shape index (κ3) is 2.20. The van der Waals surface area contributed by atoms with Crippen LogP contribution in [-0.2, 0) is 11.3 Å². The van der Waals surface area contributed by atoms with Crippen LogP contribution in [0.15, 0.2) is 50.4 Å². The van der Waals surface area contributed by atoms with Gasteiger partial charge in [0.2, 0.25) is 5.91 Å². The summed E-state index contributed by atoms with van der Waals surface area (Å²) >= 11 is 5.02. The molecule has 0 saturated carbocycles. The van der Waals surface area contributed by atoms with Crippen LogP contribution in [-0.4, -0.2) is 11.7 Å². The van der Waals surface area contributed by atoms with Gasteiger partial charge in [-0.3, -0.25) is 4.79 Å². The largest absolute Gasteiger partial charge is 0.467 e. The van der Waals surface area contributed by atoms with Gasteiger partial charge in [0.25, 0.3) is 0 Å². The lowest BCUT2D eigenvalue weighted by Crippen LogP contribution is -2.34. The van der Waals surface area contributed by atoms with Gasteiger partial charge in [0.1, 0.15) is 5.76 Å².